The second-order valence-corrected chi connectivity index (χ2v) is 12.6. The molecule has 8 atom stereocenters. The minimum atomic E-state index is 0.762. The van der Waals surface area contributed by atoms with E-state index in [1.807, 2.05) is 0 Å². The summed E-state index contributed by atoms with van der Waals surface area (Å²) in [7, 11) is 0. The Bertz CT molecular complexity index is 475. The first-order valence-electron chi connectivity index (χ1n) is 13.5. The Morgan fingerprint density at radius 2 is 1.33 bits per heavy atom. The van der Waals surface area contributed by atoms with Crippen molar-refractivity contribution in [3.63, 3.8) is 0 Å². The van der Waals surface area contributed by atoms with Crippen LogP contribution >= 0.6 is 0 Å². The van der Waals surface area contributed by atoms with Gasteiger partial charge in [-0.05, 0) is 92.5 Å². The minimum absolute atomic E-state index is 0.762. The molecule has 0 bridgehead atoms. The predicted octanol–water partition coefficient (Wildman–Crippen LogP) is 6.90. The van der Waals surface area contributed by atoms with Gasteiger partial charge >= 0.3 is 0 Å². The summed E-state index contributed by atoms with van der Waals surface area (Å²) in [6, 6.07) is 0.762. The molecule has 4 unspecified atom stereocenters. The highest BCUT2D eigenvalue weighted by Gasteiger charge is 2.37. The van der Waals surface area contributed by atoms with Crippen LogP contribution in [-0.4, -0.2) is 48.6 Å². The van der Waals surface area contributed by atoms with Gasteiger partial charge in [0.25, 0.3) is 0 Å². The molecule has 2 heteroatoms. The zero-order valence-electron chi connectivity index (χ0n) is 22.3. The van der Waals surface area contributed by atoms with Gasteiger partial charge in [0.15, 0.2) is 0 Å². The highest BCUT2D eigenvalue weighted by molar-refractivity contribution is 4.89. The number of hydrogen-bond donors (Lipinski definition) is 0. The summed E-state index contributed by atoms with van der Waals surface area (Å²) in [5.41, 5.74) is 0. The fourth-order valence-electron chi connectivity index (χ4n) is 7.07. The largest absolute Gasteiger partial charge is 0.303 e. The fraction of sp³-hybridized carbons (Fsp3) is 1.00. The first-order chi connectivity index (χ1) is 14.0. The molecule has 2 aliphatic rings. The molecule has 2 heterocycles. The van der Waals surface area contributed by atoms with Gasteiger partial charge in [0, 0.05) is 25.7 Å². The average Bonchev–Trinajstić information content (AvgIpc) is 2.65. The molecular formula is C28H56N2. The van der Waals surface area contributed by atoms with Crippen molar-refractivity contribution in [1.82, 2.24) is 9.80 Å². The summed E-state index contributed by atoms with van der Waals surface area (Å²) in [5, 5.41) is 0. The van der Waals surface area contributed by atoms with Crippen molar-refractivity contribution in [3.8, 4) is 0 Å². The van der Waals surface area contributed by atoms with Crippen LogP contribution in [0, 0.1) is 53.3 Å². The molecule has 2 saturated heterocycles. The van der Waals surface area contributed by atoms with E-state index in [4.69, 9.17) is 0 Å². The summed E-state index contributed by atoms with van der Waals surface area (Å²) in [6.07, 6.45) is 4.11. The lowest BCUT2D eigenvalue weighted by Gasteiger charge is -2.47. The molecule has 0 aromatic heterocycles. The van der Waals surface area contributed by atoms with Crippen LogP contribution in [0.4, 0.5) is 0 Å². The maximum Gasteiger partial charge on any atom is 0.00698 e. The molecule has 0 aliphatic carbocycles. The number of nitrogens with zero attached hydrogens (tertiary/aromatic N) is 2. The third-order valence-corrected chi connectivity index (χ3v) is 9.15. The van der Waals surface area contributed by atoms with Crippen molar-refractivity contribution < 1.29 is 0 Å². The average molecular weight is 421 g/mol. The predicted molar refractivity (Wildman–Crippen MR) is 134 cm³/mol. The zero-order valence-corrected chi connectivity index (χ0v) is 22.3. The zero-order chi connectivity index (χ0) is 22.6. The van der Waals surface area contributed by atoms with Crippen LogP contribution in [0.2, 0.25) is 0 Å². The molecule has 2 aliphatic heterocycles. The van der Waals surface area contributed by atoms with Crippen LogP contribution in [0.5, 0.6) is 0 Å². The number of piperidine rings is 2. The second kappa shape index (κ2) is 11.7. The van der Waals surface area contributed by atoms with Gasteiger partial charge in [-0.15, -0.1) is 0 Å². The van der Waals surface area contributed by atoms with Gasteiger partial charge in [-0.2, -0.15) is 0 Å². The van der Waals surface area contributed by atoms with E-state index in [2.05, 4.69) is 79.0 Å². The first kappa shape index (κ1) is 26.2. The molecule has 0 radical (unpaired) electrons. The monoisotopic (exact) mass is 420 g/mol. The van der Waals surface area contributed by atoms with Gasteiger partial charge in [-0.3, -0.25) is 0 Å². The van der Waals surface area contributed by atoms with Gasteiger partial charge in [0.1, 0.15) is 0 Å². The number of hydrogen-bond acceptors (Lipinski definition) is 2. The van der Waals surface area contributed by atoms with Gasteiger partial charge in [0.2, 0.25) is 0 Å². The Kier molecular flexibility index (Phi) is 10.2. The second-order valence-electron chi connectivity index (χ2n) is 12.6. The number of rotatable bonds is 9. The Balaban J connectivity index is 1.84. The normalized spacial score (nSPS) is 36.4. The fourth-order valence-corrected chi connectivity index (χ4v) is 7.07. The molecule has 0 aromatic carbocycles. The molecule has 2 fully saturated rings. The summed E-state index contributed by atoms with van der Waals surface area (Å²) in [5.74, 6) is 7.63. The van der Waals surface area contributed by atoms with Crippen LogP contribution in [-0.2, 0) is 0 Å². The van der Waals surface area contributed by atoms with E-state index >= 15 is 0 Å². The Hall–Kier alpha value is -0.0800. The van der Waals surface area contributed by atoms with Gasteiger partial charge in [-0.1, -0.05) is 62.3 Å². The van der Waals surface area contributed by atoms with Crippen molar-refractivity contribution in [2.24, 2.45) is 53.3 Å². The smallest absolute Gasteiger partial charge is 0.00698 e. The molecule has 0 saturated carbocycles. The molecule has 178 valence electrons. The minimum Gasteiger partial charge on any atom is -0.303 e. The maximum absolute atomic E-state index is 2.81. The van der Waals surface area contributed by atoms with Crippen LogP contribution in [0.25, 0.3) is 0 Å². The van der Waals surface area contributed by atoms with Crippen LogP contribution < -0.4 is 0 Å². The Morgan fingerprint density at radius 3 is 1.87 bits per heavy atom. The van der Waals surface area contributed by atoms with Crippen LogP contribution in [0.1, 0.15) is 88.5 Å². The summed E-state index contributed by atoms with van der Waals surface area (Å²) in [6.45, 7) is 31.3. The lowest BCUT2D eigenvalue weighted by Crippen LogP contribution is -2.49. The molecule has 0 N–H and O–H groups in total. The molecule has 2 rings (SSSR count). The lowest BCUT2D eigenvalue weighted by molar-refractivity contribution is 0.0189. The third-order valence-electron chi connectivity index (χ3n) is 9.15. The lowest BCUT2D eigenvalue weighted by atomic mass is 9.68. The molecular weight excluding hydrogens is 364 g/mol. The summed E-state index contributed by atoms with van der Waals surface area (Å²) >= 11 is 0. The highest BCUT2D eigenvalue weighted by Crippen LogP contribution is 2.39. The highest BCUT2D eigenvalue weighted by atomic mass is 15.2. The first-order valence-corrected chi connectivity index (χ1v) is 13.5. The van der Waals surface area contributed by atoms with Crippen molar-refractivity contribution in [2.45, 2.75) is 94.5 Å². The van der Waals surface area contributed by atoms with E-state index in [0.717, 1.165) is 59.3 Å². The molecule has 0 aromatic rings. The molecule has 0 spiro atoms. The molecule has 2 nitrogen and oxygen atoms in total. The summed E-state index contributed by atoms with van der Waals surface area (Å²) < 4.78 is 0. The Morgan fingerprint density at radius 1 is 0.733 bits per heavy atom. The van der Waals surface area contributed by atoms with E-state index in [0.29, 0.717) is 0 Å². The maximum atomic E-state index is 2.81. The van der Waals surface area contributed by atoms with Crippen molar-refractivity contribution in [2.75, 3.05) is 32.7 Å². The summed E-state index contributed by atoms with van der Waals surface area (Å²) in [4.78, 5) is 5.57. The molecule has 0 amide bonds. The van der Waals surface area contributed by atoms with E-state index in [9.17, 15) is 0 Å². The third kappa shape index (κ3) is 6.96. The quantitative estimate of drug-likeness (QED) is 0.400. The van der Waals surface area contributed by atoms with Crippen LogP contribution in [0.15, 0.2) is 0 Å². The number of likely N-dealkylation sites (tertiary alicyclic amines) is 2. The standard InChI is InChI=1S/C28H56N2/c1-19(2)11-13-29-16-23(7)28(24(8)17-29)26(10)21(5)12-14-30-18-22(6)27(20(3)4)15-25(30)9/h19-28H,11-18H2,1-10H3/t21?,22-,23-,24+,25+,26?,27?,28?/m1/s1. The van der Waals surface area contributed by atoms with Gasteiger partial charge in [-0.25, -0.2) is 0 Å². The van der Waals surface area contributed by atoms with Crippen molar-refractivity contribution in [1.29, 1.82) is 0 Å². The Labute approximate surface area is 190 Å². The van der Waals surface area contributed by atoms with E-state index in [1.54, 1.807) is 0 Å². The van der Waals surface area contributed by atoms with Gasteiger partial charge in [0.05, 0.1) is 0 Å². The SMILES string of the molecule is CC(C)CCN1C[C@@H](C)C(C(C)C(C)CCN2C[C@@H](C)C(C(C)C)C[C@@H]2C)[C@@H](C)C1. The van der Waals surface area contributed by atoms with E-state index in [1.165, 1.54) is 52.0 Å². The van der Waals surface area contributed by atoms with Crippen molar-refractivity contribution in [3.05, 3.63) is 0 Å². The molecule has 30 heavy (non-hydrogen) atoms. The van der Waals surface area contributed by atoms with Gasteiger partial charge < -0.3 is 9.80 Å². The van der Waals surface area contributed by atoms with Crippen molar-refractivity contribution >= 4 is 0 Å². The topological polar surface area (TPSA) is 6.48 Å². The van der Waals surface area contributed by atoms with E-state index in [-0.39, 0.29) is 0 Å². The van der Waals surface area contributed by atoms with E-state index < -0.39 is 0 Å². The van der Waals surface area contributed by atoms with Crippen LogP contribution in [0.3, 0.4) is 0 Å².